The Morgan fingerprint density at radius 3 is 2.52 bits per heavy atom. The van der Waals surface area contributed by atoms with E-state index in [1.165, 1.54) is 0 Å². The maximum Gasteiger partial charge on any atom is 0.256 e. The fourth-order valence-electron chi connectivity index (χ4n) is 5.52. The van der Waals surface area contributed by atoms with Crippen molar-refractivity contribution in [1.82, 2.24) is 20.2 Å². The van der Waals surface area contributed by atoms with E-state index in [2.05, 4.69) is 51.9 Å². The fourth-order valence-corrected chi connectivity index (χ4v) is 6.36. The van der Waals surface area contributed by atoms with Crippen LogP contribution in [0.4, 0.5) is 5.69 Å². The molecule has 8 heteroatoms. The number of carbonyl (C=O) groups excluding carboxylic acids is 2. The van der Waals surface area contributed by atoms with Gasteiger partial charge >= 0.3 is 0 Å². The lowest BCUT2D eigenvalue weighted by atomic mass is 10.0. The average molecular weight is 582 g/mol. The number of amides is 2. The minimum Gasteiger partial charge on any atom is -0.359 e. The highest BCUT2D eigenvalue weighted by Gasteiger charge is 2.26. The summed E-state index contributed by atoms with van der Waals surface area (Å²) in [7, 11) is 0. The highest BCUT2D eigenvalue weighted by Crippen LogP contribution is 2.38. The number of hydrogen-bond donors (Lipinski definition) is 3. The first kappa shape index (κ1) is 29.5. The Bertz CT molecular complexity index is 1600. The van der Waals surface area contributed by atoms with Gasteiger partial charge in [0.25, 0.3) is 5.91 Å². The predicted molar refractivity (Wildman–Crippen MR) is 173 cm³/mol. The number of carbonyl (C=O) groups is 2. The van der Waals surface area contributed by atoms with Crippen molar-refractivity contribution >= 4 is 40.5 Å². The summed E-state index contributed by atoms with van der Waals surface area (Å²) in [4.78, 5) is 36.5. The summed E-state index contributed by atoms with van der Waals surface area (Å²) in [6, 6.07) is 16.1. The summed E-state index contributed by atoms with van der Waals surface area (Å²) in [6.07, 6.45) is 4.42. The lowest BCUT2D eigenvalue weighted by molar-refractivity contribution is -0.120. The number of aromatic amines is 1. The zero-order chi connectivity index (χ0) is 29.6. The van der Waals surface area contributed by atoms with E-state index in [0.29, 0.717) is 18.5 Å². The number of H-pyrrole nitrogens is 1. The summed E-state index contributed by atoms with van der Waals surface area (Å²) in [5, 5.41) is 9.10. The van der Waals surface area contributed by atoms with Gasteiger partial charge in [-0.2, -0.15) is 0 Å². The van der Waals surface area contributed by atoms with Crippen molar-refractivity contribution in [1.29, 1.82) is 0 Å². The second-order valence-electron chi connectivity index (χ2n) is 10.8. The average Bonchev–Trinajstić information content (AvgIpc) is 3.67. The third-order valence-electron chi connectivity index (χ3n) is 7.71. The van der Waals surface area contributed by atoms with Crippen molar-refractivity contribution in [2.24, 2.45) is 0 Å². The monoisotopic (exact) mass is 581 g/mol. The van der Waals surface area contributed by atoms with Crippen LogP contribution in [0, 0.1) is 13.8 Å². The minimum atomic E-state index is -0.139. The summed E-state index contributed by atoms with van der Waals surface area (Å²) in [5.41, 5.74) is 8.90. The molecule has 0 aliphatic carbocycles. The maximum absolute atomic E-state index is 13.0. The van der Waals surface area contributed by atoms with E-state index in [4.69, 9.17) is 4.98 Å². The number of hydrogen-bond acceptors (Lipinski definition) is 5. The summed E-state index contributed by atoms with van der Waals surface area (Å²) in [5.74, 6) is -0.126. The highest BCUT2D eigenvalue weighted by molar-refractivity contribution is 7.13. The molecular formula is C34H39N5O2S. The number of fused-ring (bicyclic) bond motifs is 1. The number of aryl methyl sites for hydroxylation is 1. The molecule has 0 fully saturated rings. The van der Waals surface area contributed by atoms with Crippen molar-refractivity contribution < 1.29 is 9.59 Å². The van der Waals surface area contributed by atoms with E-state index in [0.717, 1.165) is 88.1 Å². The van der Waals surface area contributed by atoms with Gasteiger partial charge in [-0.1, -0.05) is 50.2 Å². The van der Waals surface area contributed by atoms with Crippen molar-refractivity contribution in [2.45, 2.75) is 47.0 Å². The maximum atomic E-state index is 13.0. The van der Waals surface area contributed by atoms with Gasteiger partial charge < -0.3 is 20.5 Å². The Morgan fingerprint density at radius 1 is 1.02 bits per heavy atom. The first-order chi connectivity index (χ1) is 20.4. The van der Waals surface area contributed by atoms with Crippen molar-refractivity contribution in [3.8, 4) is 21.8 Å². The van der Waals surface area contributed by atoms with Crippen LogP contribution in [0.1, 0.15) is 54.8 Å². The number of nitrogens with one attached hydrogen (secondary N) is 3. The van der Waals surface area contributed by atoms with Crippen molar-refractivity contribution in [2.75, 3.05) is 31.5 Å². The van der Waals surface area contributed by atoms with Gasteiger partial charge in [-0.25, -0.2) is 4.98 Å². The largest absolute Gasteiger partial charge is 0.359 e. The second-order valence-corrected chi connectivity index (χ2v) is 11.7. The molecule has 0 spiro atoms. The number of rotatable bonds is 12. The Morgan fingerprint density at radius 2 is 1.79 bits per heavy atom. The number of thiazole rings is 1. The van der Waals surface area contributed by atoms with Gasteiger partial charge in [0.15, 0.2) is 0 Å². The highest BCUT2D eigenvalue weighted by atomic mass is 32.1. The molecule has 2 aromatic heterocycles. The molecule has 0 saturated carbocycles. The lowest BCUT2D eigenvalue weighted by Crippen LogP contribution is -2.36. The van der Waals surface area contributed by atoms with E-state index in [9.17, 15) is 9.59 Å². The molecule has 5 rings (SSSR count). The number of benzene rings is 2. The zero-order valence-electron chi connectivity index (χ0n) is 24.8. The van der Waals surface area contributed by atoms with E-state index >= 15 is 0 Å². The van der Waals surface area contributed by atoms with Gasteiger partial charge in [-0.15, -0.1) is 11.3 Å². The predicted octanol–water partition coefficient (Wildman–Crippen LogP) is 6.70. The smallest absolute Gasteiger partial charge is 0.256 e. The molecule has 4 aromatic rings. The second kappa shape index (κ2) is 13.3. The van der Waals surface area contributed by atoms with Crippen LogP contribution in [0.5, 0.6) is 0 Å². The molecule has 0 radical (unpaired) electrons. The van der Waals surface area contributed by atoms with Gasteiger partial charge in [-0.05, 0) is 69.1 Å². The first-order valence-electron chi connectivity index (χ1n) is 14.7. The molecule has 3 N–H and O–H groups in total. The van der Waals surface area contributed by atoms with E-state index in [1.54, 1.807) is 11.3 Å². The van der Waals surface area contributed by atoms with Gasteiger partial charge in [-0.3, -0.25) is 9.59 Å². The van der Waals surface area contributed by atoms with Crippen LogP contribution in [0.2, 0.25) is 0 Å². The molecular weight excluding hydrogens is 542 g/mol. The number of aromatic nitrogens is 2. The molecule has 3 heterocycles. The summed E-state index contributed by atoms with van der Waals surface area (Å²) >= 11 is 1.61. The topological polar surface area (TPSA) is 90.1 Å². The van der Waals surface area contributed by atoms with Crippen LogP contribution in [0.15, 0.2) is 53.9 Å². The van der Waals surface area contributed by atoms with Gasteiger partial charge in [0.2, 0.25) is 5.91 Å². The van der Waals surface area contributed by atoms with Gasteiger partial charge in [0.05, 0.1) is 17.7 Å². The molecule has 42 heavy (non-hydrogen) atoms. The van der Waals surface area contributed by atoms with Crippen LogP contribution in [0.25, 0.3) is 33.5 Å². The molecule has 0 unspecified atom stereocenters. The molecule has 7 nitrogen and oxygen atoms in total. The number of anilines is 1. The Hall–Kier alpha value is -4.01. The van der Waals surface area contributed by atoms with Crippen LogP contribution in [0.3, 0.4) is 0 Å². The summed E-state index contributed by atoms with van der Waals surface area (Å²) < 4.78 is 0. The van der Waals surface area contributed by atoms with Crippen molar-refractivity contribution in [3.05, 3.63) is 82.0 Å². The lowest BCUT2D eigenvalue weighted by Gasteiger charge is -2.20. The van der Waals surface area contributed by atoms with Crippen molar-refractivity contribution in [3.63, 3.8) is 0 Å². The van der Waals surface area contributed by atoms with Gasteiger partial charge in [0, 0.05) is 52.2 Å². The Labute approximate surface area is 252 Å². The minimum absolute atomic E-state index is 0.0130. The van der Waals surface area contributed by atoms with E-state index in [1.807, 2.05) is 56.3 Å². The molecule has 2 aromatic carbocycles. The van der Waals surface area contributed by atoms with Crippen LogP contribution in [-0.4, -0.2) is 52.9 Å². The molecule has 0 saturated heterocycles. The van der Waals surface area contributed by atoms with E-state index in [-0.39, 0.29) is 11.8 Å². The summed E-state index contributed by atoms with van der Waals surface area (Å²) in [6.45, 7) is 12.0. The van der Waals surface area contributed by atoms with Crippen LogP contribution >= 0.6 is 11.3 Å². The van der Waals surface area contributed by atoms with E-state index < -0.39 is 0 Å². The molecule has 2 amide bonds. The molecule has 1 aliphatic rings. The Kier molecular flexibility index (Phi) is 9.35. The molecule has 218 valence electrons. The quantitative estimate of drug-likeness (QED) is 0.163. The molecule has 1 aliphatic heterocycles. The molecule has 0 atom stereocenters. The van der Waals surface area contributed by atoms with Crippen LogP contribution < -0.4 is 10.6 Å². The zero-order valence-corrected chi connectivity index (χ0v) is 25.7. The first-order valence-corrected chi connectivity index (χ1v) is 15.6. The molecule has 0 bridgehead atoms. The third kappa shape index (κ3) is 6.55. The number of nitrogens with zero attached hydrogens (tertiary/aromatic N) is 2. The standard InChI is InChI=1S/C34H39N5O2S/c1-5-15-39(16-6-2)17-14-35-32(40)20-26-22(3)30(36-23(26)4)19-28-27-18-25(12-13-29(27)37-33(28)41)31-21-42-34(38-31)24-10-8-7-9-11-24/h7-13,18-19,21,36H,5-6,14-17,20H2,1-4H3,(H,35,40)(H,37,41)/b28-19-. The fraction of sp³-hybridized carbons (Fsp3) is 0.324. The SMILES string of the molecule is CCCN(CCC)CCNC(=O)Cc1c(C)[nH]c(/C=C2\C(=O)Nc3ccc(-c4csc(-c5ccccc5)n4)cc32)c1C. The van der Waals surface area contributed by atoms with Gasteiger partial charge in [0.1, 0.15) is 5.01 Å². The van der Waals surface area contributed by atoms with Crippen LogP contribution in [-0.2, 0) is 16.0 Å². The third-order valence-corrected chi connectivity index (χ3v) is 8.60. The normalized spacial score (nSPS) is 13.5. The Balaban J connectivity index is 1.32.